The molecule has 0 saturated carbocycles. The number of methoxy groups -OCH3 is 1. The van der Waals surface area contributed by atoms with Crippen molar-refractivity contribution in [2.24, 2.45) is 0 Å². The second-order valence-corrected chi connectivity index (χ2v) is 8.78. The summed E-state index contributed by atoms with van der Waals surface area (Å²) in [5.41, 5.74) is 7.19. The zero-order chi connectivity index (χ0) is 21.6. The summed E-state index contributed by atoms with van der Waals surface area (Å²) in [5.74, 6) is -0.382. The smallest absolute Gasteiger partial charge is 0.269 e. The lowest BCUT2D eigenvalue weighted by Gasteiger charge is -2.16. The molecular weight excluding hydrogens is 406 g/mol. The molecule has 30 heavy (non-hydrogen) atoms. The summed E-state index contributed by atoms with van der Waals surface area (Å²) in [6, 6.07) is 11.6. The summed E-state index contributed by atoms with van der Waals surface area (Å²) in [6.45, 7) is -0.0797. The van der Waals surface area contributed by atoms with Gasteiger partial charge in [-0.05, 0) is 73.2 Å². The summed E-state index contributed by atoms with van der Waals surface area (Å²) < 4.78 is 32.4. The Bertz CT molecular complexity index is 1020. The number of hydrogen-bond donors (Lipinski definition) is 3. The largest absolute Gasteiger partial charge is 0.497 e. The number of sulfonamides is 1. The highest BCUT2D eigenvalue weighted by atomic mass is 32.2. The number of hydrogen-bond acceptors (Lipinski definition) is 5. The van der Waals surface area contributed by atoms with Gasteiger partial charge in [-0.2, -0.15) is 0 Å². The number of carbonyl (C=O) groups is 2. The molecule has 3 N–H and O–H groups in total. The van der Waals surface area contributed by atoms with Gasteiger partial charge in [0.2, 0.25) is 15.9 Å². The van der Waals surface area contributed by atoms with Crippen LogP contribution < -0.4 is 20.3 Å². The minimum absolute atomic E-state index is 0.0797. The Balaban J connectivity index is 1.45. The lowest BCUT2D eigenvalue weighted by molar-refractivity contribution is -0.121. The summed E-state index contributed by atoms with van der Waals surface area (Å²) in [6.07, 6.45) is 3.93. The van der Waals surface area contributed by atoms with Gasteiger partial charge in [-0.1, -0.05) is 6.07 Å². The van der Waals surface area contributed by atoms with Crippen LogP contribution >= 0.6 is 0 Å². The van der Waals surface area contributed by atoms with E-state index < -0.39 is 21.8 Å². The van der Waals surface area contributed by atoms with E-state index in [1.807, 2.05) is 6.07 Å². The Labute approximate surface area is 176 Å². The number of rotatable bonds is 7. The van der Waals surface area contributed by atoms with E-state index in [-0.39, 0.29) is 17.9 Å². The average Bonchev–Trinajstić information content (AvgIpc) is 2.77. The fourth-order valence-corrected chi connectivity index (χ4v) is 4.34. The van der Waals surface area contributed by atoms with Crippen molar-refractivity contribution in [2.75, 3.05) is 13.7 Å². The van der Waals surface area contributed by atoms with Gasteiger partial charge in [0.1, 0.15) is 5.75 Å². The third kappa shape index (κ3) is 5.58. The molecule has 2 aromatic rings. The summed E-state index contributed by atoms with van der Waals surface area (Å²) in [4.78, 5) is 24.1. The van der Waals surface area contributed by atoms with Crippen molar-refractivity contribution >= 4 is 21.8 Å². The number of aryl methyl sites for hydroxylation is 2. The quantitative estimate of drug-likeness (QED) is 0.578. The predicted molar refractivity (Wildman–Crippen MR) is 111 cm³/mol. The van der Waals surface area contributed by atoms with Crippen LogP contribution in [0.5, 0.6) is 5.75 Å². The van der Waals surface area contributed by atoms with Crippen LogP contribution in [0, 0.1) is 0 Å². The molecule has 160 valence electrons. The first-order valence-corrected chi connectivity index (χ1v) is 11.2. The first-order valence-electron chi connectivity index (χ1n) is 9.74. The molecule has 2 amide bonds. The Kier molecular flexibility index (Phi) is 7.07. The number of carbonyl (C=O) groups excluding carboxylic acids is 2. The molecule has 3 rings (SSSR count). The first-order chi connectivity index (χ1) is 14.4. The molecule has 9 heteroatoms. The highest BCUT2D eigenvalue weighted by molar-refractivity contribution is 7.89. The minimum Gasteiger partial charge on any atom is -0.497 e. The Morgan fingerprint density at radius 1 is 0.967 bits per heavy atom. The van der Waals surface area contributed by atoms with Crippen molar-refractivity contribution in [3.8, 4) is 5.75 Å². The molecule has 8 nitrogen and oxygen atoms in total. The first kappa shape index (κ1) is 21.8. The van der Waals surface area contributed by atoms with E-state index in [0.29, 0.717) is 11.3 Å². The molecule has 0 atom stereocenters. The van der Waals surface area contributed by atoms with Crippen LogP contribution in [0.15, 0.2) is 47.4 Å². The predicted octanol–water partition coefficient (Wildman–Crippen LogP) is 1.70. The molecule has 1 aliphatic carbocycles. The normalized spacial score (nSPS) is 13.2. The maximum atomic E-state index is 12.5. The van der Waals surface area contributed by atoms with E-state index >= 15 is 0 Å². The van der Waals surface area contributed by atoms with Crippen LogP contribution in [-0.2, 0) is 27.7 Å². The molecule has 1 aliphatic rings. The maximum absolute atomic E-state index is 12.5. The lowest BCUT2D eigenvalue weighted by Crippen LogP contribution is -2.42. The van der Waals surface area contributed by atoms with E-state index in [1.54, 1.807) is 36.4 Å². The number of benzene rings is 2. The monoisotopic (exact) mass is 431 g/mol. The fourth-order valence-electron chi connectivity index (χ4n) is 3.26. The van der Waals surface area contributed by atoms with Gasteiger partial charge in [-0.3, -0.25) is 20.4 Å². The highest BCUT2D eigenvalue weighted by Gasteiger charge is 2.18. The van der Waals surface area contributed by atoms with Gasteiger partial charge < -0.3 is 4.74 Å². The van der Waals surface area contributed by atoms with Gasteiger partial charge in [-0.15, -0.1) is 0 Å². The topological polar surface area (TPSA) is 114 Å². The van der Waals surface area contributed by atoms with Crippen LogP contribution in [-0.4, -0.2) is 33.9 Å². The van der Waals surface area contributed by atoms with Gasteiger partial charge in [0.25, 0.3) is 5.91 Å². The lowest BCUT2D eigenvalue weighted by atomic mass is 9.92. The number of amides is 2. The van der Waals surface area contributed by atoms with Gasteiger partial charge in [-0.25, -0.2) is 13.1 Å². The second kappa shape index (κ2) is 9.73. The van der Waals surface area contributed by atoms with Crippen molar-refractivity contribution in [2.45, 2.75) is 37.0 Å². The zero-order valence-electron chi connectivity index (χ0n) is 16.7. The van der Waals surface area contributed by atoms with E-state index in [9.17, 15) is 18.0 Å². The van der Waals surface area contributed by atoms with E-state index in [2.05, 4.69) is 15.6 Å². The van der Waals surface area contributed by atoms with E-state index in [0.717, 1.165) is 31.2 Å². The third-order valence-electron chi connectivity index (χ3n) is 4.94. The molecule has 2 aromatic carbocycles. The fraction of sp³-hybridized carbons (Fsp3) is 0.333. The van der Waals surface area contributed by atoms with Crippen LogP contribution in [0.1, 0.15) is 40.7 Å². The number of hydrazine groups is 1. The van der Waals surface area contributed by atoms with Crippen molar-refractivity contribution in [3.05, 3.63) is 59.2 Å². The number of ether oxygens (including phenoxy) is 1. The molecule has 0 radical (unpaired) electrons. The molecule has 0 aliphatic heterocycles. The Hall–Kier alpha value is -2.91. The molecule has 0 unspecified atom stereocenters. The van der Waals surface area contributed by atoms with Crippen LogP contribution in [0.4, 0.5) is 0 Å². The Morgan fingerprint density at radius 3 is 2.37 bits per heavy atom. The summed E-state index contributed by atoms with van der Waals surface area (Å²) in [5, 5.41) is 0. The van der Waals surface area contributed by atoms with Crippen molar-refractivity contribution in [1.82, 2.24) is 15.6 Å². The second-order valence-electron chi connectivity index (χ2n) is 7.02. The summed E-state index contributed by atoms with van der Waals surface area (Å²) >= 11 is 0. The molecule has 0 aromatic heterocycles. The number of nitrogens with one attached hydrogen (secondary N) is 3. The zero-order valence-corrected chi connectivity index (χ0v) is 17.6. The van der Waals surface area contributed by atoms with Crippen LogP contribution in [0.3, 0.4) is 0 Å². The van der Waals surface area contributed by atoms with Gasteiger partial charge >= 0.3 is 0 Å². The molecule has 0 saturated heterocycles. The van der Waals surface area contributed by atoms with Crippen molar-refractivity contribution < 1.29 is 22.7 Å². The SMILES string of the molecule is COc1ccc(C(=O)NNC(=O)CCNS(=O)(=O)c2ccc3c(c2)CCCC3)cc1. The molecular formula is C21H25N3O5S. The molecule has 0 bridgehead atoms. The standard InChI is InChI=1S/C21H25N3O5S/c1-29-18-9-6-16(7-10-18)21(26)24-23-20(25)12-13-22-30(27,28)19-11-8-15-4-2-3-5-17(15)14-19/h6-11,14,22H,2-5,12-13H2,1H3,(H,23,25)(H,24,26). The molecule has 0 fully saturated rings. The third-order valence-corrected chi connectivity index (χ3v) is 6.40. The Morgan fingerprint density at radius 2 is 1.67 bits per heavy atom. The summed E-state index contributed by atoms with van der Waals surface area (Å²) in [7, 11) is -2.18. The maximum Gasteiger partial charge on any atom is 0.269 e. The van der Waals surface area contributed by atoms with Gasteiger partial charge in [0.15, 0.2) is 0 Å². The van der Waals surface area contributed by atoms with Gasteiger partial charge in [0, 0.05) is 18.5 Å². The van der Waals surface area contributed by atoms with Crippen LogP contribution in [0.25, 0.3) is 0 Å². The van der Waals surface area contributed by atoms with Crippen molar-refractivity contribution in [3.63, 3.8) is 0 Å². The highest BCUT2D eigenvalue weighted by Crippen LogP contribution is 2.24. The van der Waals surface area contributed by atoms with Crippen molar-refractivity contribution in [1.29, 1.82) is 0 Å². The average molecular weight is 432 g/mol. The minimum atomic E-state index is -3.70. The van der Waals surface area contributed by atoms with E-state index in [4.69, 9.17) is 4.74 Å². The molecule has 0 heterocycles. The molecule has 0 spiro atoms. The van der Waals surface area contributed by atoms with Gasteiger partial charge in [0.05, 0.1) is 12.0 Å². The van der Waals surface area contributed by atoms with Crippen LogP contribution in [0.2, 0.25) is 0 Å². The number of fused-ring (bicyclic) bond motifs is 1. The van der Waals surface area contributed by atoms with E-state index in [1.165, 1.54) is 12.7 Å².